The molecule has 5 heteroatoms. The van der Waals surface area contributed by atoms with Gasteiger partial charge in [0.15, 0.2) is 6.29 Å². The molecule has 3 nitrogen and oxygen atoms in total. The van der Waals surface area contributed by atoms with Crippen molar-refractivity contribution >= 4 is 26.8 Å². The first kappa shape index (κ1) is 28.9. The topological polar surface area (TPSA) is 27.7 Å². The van der Waals surface area contributed by atoms with E-state index in [1.165, 1.54) is 10.4 Å². The Labute approximate surface area is 222 Å². The summed E-state index contributed by atoms with van der Waals surface area (Å²) in [6, 6.07) is 21.7. The van der Waals surface area contributed by atoms with Crippen LogP contribution in [0, 0.1) is 17.4 Å². The lowest BCUT2D eigenvalue weighted by Crippen LogP contribution is -2.67. The zero-order valence-electron chi connectivity index (χ0n) is 23.5. The van der Waals surface area contributed by atoms with Gasteiger partial charge in [0.1, 0.15) is 8.07 Å². The van der Waals surface area contributed by atoms with E-state index >= 15 is 0 Å². The number of rotatable bonds is 9. The second-order valence-electron chi connectivity index (χ2n) is 12.2. The first-order valence-corrected chi connectivity index (χ1v) is 19.0. The van der Waals surface area contributed by atoms with E-state index in [-0.39, 0.29) is 23.4 Å². The van der Waals surface area contributed by atoms with Crippen LogP contribution in [0.2, 0.25) is 24.7 Å². The molecule has 1 fully saturated rings. The number of benzene rings is 2. The van der Waals surface area contributed by atoms with Crippen molar-refractivity contribution in [3.63, 3.8) is 0 Å². The molecule has 0 radical (unpaired) electrons. The smallest absolute Gasteiger partial charge is 0.261 e. The third-order valence-corrected chi connectivity index (χ3v) is 12.8. The Morgan fingerprint density at radius 3 is 2.00 bits per heavy atom. The quantitative estimate of drug-likeness (QED) is 0.282. The van der Waals surface area contributed by atoms with Crippen LogP contribution >= 0.6 is 0 Å². The monoisotopic (exact) mass is 522 g/mol. The van der Waals surface area contributed by atoms with Gasteiger partial charge in [0, 0.05) is 25.6 Å². The lowest BCUT2D eigenvalue weighted by molar-refractivity contribution is -0.197. The van der Waals surface area contributed by atoms with Crippen LogP contribution in [-0.4, -0.2) is 42.0 Å². The molecule has 0 saturated carbocycles. The summed E-state index contributed by atoms with van der Waals surface area (Å²) in [6.07, 6.45) is 3.80. The molecule has 0 spiro atoms. The highest BCUT2D eigenvalue weighted by atomic mass is 28.4. The molecule has 2 aromatic carbocycles. The molecule has 3 rings (SSSR count). The Morgan fingerprint density at radius 1 is 0.944 bits per heavy atom. The fraction of sp³-hybridized carbons (Fsp3) is 0.548. The lowest BCUT2D eigenvalue weighted by atomic mass is 10.0. The Morgan fingerprint density at radius 2 is 1.53 bits per heavy atom. The molecule has 0 aromatic heterocycles. The maximum Gasteiger partial charge on any atom is 0.261 e. The van der Waals surface area contributed by atoms with E-state index in [0.29, 0.717) is 6.61 Å². The van der Waals surface area contributed by atoms with Gasteiger partial charge in [-0.15, -0.1) is 11.5 Å². The summed E-state index contributed by atoms with van der Waals surface area (Å²) in [7, 11) is -4.03. The highest BCUT2D eigenvalue weighted by Gasteiger charge is 2.50. The van der Waals surface area contributed by atoms with Crippen LogP contribution in [0.3, 0.4) is 0 Å². The molecule has 36 heavy (non-hydrogen) atoms. The summed E-state index contributed by atoms with van der Waals surface area (Å²) >= 11 is 0. The maximum atomic E-state index is 7.22. The van der Waals surface area contributed by atoms with E-state index in [1.54, 1.807) is 0 Å². The Balaban J connectivity index is 1.90. The largest absolute Gasteiger partial charge is 0.407 e. The predicted molar refractivity (Wildman–Crippen MR) is 157 cm³/mol. The molecule has 1 aliphatic rings. The molecule has 0 amide bonds. The molecular weight excluding hydrogens is 477 g/mol. The van der Waals surface area contributed by atoms with E-state index in [2.05, 4.69) is 119 Å². The van der Waals surface area contributed by atoms with Crippen molar-refractivity contribution in [1.29, 1.82) is 0 Å². The maximum absolute atomic E-state index is 7.22. The van der Waals surface area contributed by atoms with Crippen molar-refractivity contribution in [1.82, 2.24) is 0 Å². The average Bonchev–Trinajstić information content (AvgIpc) is 2.84. The van der Waals surface area contributed by atoms with E-state index in [1.807, 2.05) is 0 Å². The molecule has 1 saturated heterocycles. The van der Waals surface area contributed by atoms with Crippen molar-refractivity contribution in [2.75, 3.05) is 13.2 Å². The molecule has 3 atom stereocenters. The molecule has 1 heterocycles. The van der Waals surface area contributed by atoms with Crippen LogP contribution in [0.15, 0.2) is 60.7 Å². The van der Waals surface area contributed by atoms with Crippen LogP contribution in [-0.2, 0) is 13.9 Å². The van der Waals surface area contributed by atoms with Gasteiger partial charge in [-0.05, 0) is 34.7 Å². The standard InChI is InChI=1S/C31H46O3Si2/c1-26(29(21-16-24-35(5,6)7)34-30-22-14-15-23-32-30)25-33-36(31(2,3)4,27-17-10-8-11-18-27)28-19-12-9-13-20-28/h8-13,17-20,26,29-30H,14-15,21-23,25H2,1-7H3/t26-,29+,30?/m0/s1. The average molecular weight is 523 g/mol. The van der Waals surface area contributed by atoms with Gasteiger partial charge in [-0.25, -0.2) is 0 Å². The molecule has 2 aromatic rings. The second-order valence-corrected chi connectivity index (χ2v) is 21.2. The number of ether oxygens (including phenoxy) is 2. The van der Waals surface area contributed by atoms with Gasteiger partial charge in [-0.2, -0.15) is 0 Å². The minimum atomic E-state index is -2.59. The molecule has 0 N–H and O–H groups in total. The van der Waals surface area contributed by atoms with Crippen molar-refractivity contribution in [2.45, 2.75) is 90.5 Å². The van der Waals surface area contributed by atoms with E-state index < -0.39 is 16.4 Å². The van der Waals surface area contributed by atoms with E-state index in [9.17, 15) is 0 Å². The summed E-state index contributed by atoms with van der Waals surface area (Å²) in [6.45, 7) is 17.5. The first-order chi connectivity index (χ1) is 17.0. The normalized spacial score (nSPS) is 18.7. The van der Waals surface area contributed by atoms with Gasteiger partial charge >= 0.3 is 0 Å². The number of hydrogen-bond donors (Lipinski definition) is 0. The van der Waals surface area contributed by atoms with Crippen LogP contribution < -0.4 is 10.4 Å². The van der Waals surface area contributed by atoms with E-state index in [0.717, 1.165) is 32.3 Å². The third kappa shape index (κ3) is 7.66. The van der Waals surface area contributed by atoms with Gasteiger partial charge in [0.2, 0.25) is 0 Å². The van der Waals surface area contributed by atoms with Crippen LogP contribution in [0.4, 0.5) is 0 Å². The molecule has 196 valence electrons. The highest BCUT2D eigenvalue weighted by molar-refractivity contribution is 6.99. The minimum absolute atomic E-state index is 0.0184. The van der Waals surface area contributed by atoms with Gasteiger partial charge in [-0.3, -0.25) is 0 Å². The fourth-order valence-electron chi connectivity index (χ4n) is 4.94. The van der Waals surface area contributed by atoms with Crippen LogP contribution in [0.1, 0.15) is 53.4 Å². The molecule has 1 aliphatic heterocycles. The highest BCUT2D eigenvalue weighted by Crippen LogP contribution is 2.37. The van der Waals surface area contributed by atoms with Crippen molar-refractivity contribution in [2.24, 2.45) is 5.92 Å². The Kier molecular flexibility index (Phi) is 10.2. The zero-order valence-corrected chi connectivity index (χ0v) is 25.5. The lowest BCUT2D eigenvalue weighted by Gasteiger charge is -2.44. The molecule has 0 bridgehead atoms. The molecule has 1 unspecified atom stereocenters. The van der Waals surface area contributed by atoms with Gasteiger partial charge in [-0.1, -0.05) is 108 Å². The fourth-order valence-corrected chi connectivity index (χ4v) is 10.2. The van der Waals surface area contributed by atoms with Gasteiger partial charge in [0.25, 0.3) is 8.32 Å². The summed E-state index contributed by atoms with van der Waals surface area (Å²) in [5.41, 5.74) is 3.53. The summed E-state index contributed by atoms with van der Waals surface area (Å²) in [5, 5.41) is 2.57. The first-order valence-electron chi connectivity index (χ1n) is 13.5. The number of hydrogen-bond acceptors (Lipinski definition) is 3. The summed E-state index contributed by atoms with van der Waals surface area (Å²) < 4.78 is 19.7. The van der Waals surface area contributed by atoms with Crippen LogP contribution in [0.5, 0.6) is 0 Å². The van der Waals surface area contributed by atoms with Crippen molar-refractivity contribution in [3.05, 3.63) is 60.7 Å². The van der Waals surface area contributed by atoms with Gasteiger partial charge in [0.05, 0.1) is 6.10 Å². The summed E-state index contributed by atoms with van der Waals surface area (Å²) in [4.78, 5) is 0. The Hall–Kier alpha value is -1.69. The molecule has 0 aliphatic carbocycles. The van der Waals surface area contributed by atoms with Crippen LogP contribution in [0.25, 0.3) is 0 Å². The second kappa shape index (κ2) is 12.7. The van der Waals surface area contributed by atoms with Crippen molar-refractivity contribution in [3.8, 4) is 11.5 Å². The molecular formula is C31H46O3Si2. The van der Waals surface area contributed by atoms with Crippen molar-refractivity contribution < 1.29 is 13.9 Å². The van der Waals surface area contributed by atoms with E-state index in [4.69, 9.17) is 13.9 Å². The minimum Gasteiger partial charge on any atom is -0.407 e. The Bertz CT molecular complexity index is 938. The summed E-state index contributed by atoms with van der Waals surface area (Å²) in [5.74, 6) is 3.66. The SMILES string of the molecule is C[C@@H](CO[Si](c1ccccc1)(c1ccccc1)C(C)(C)C)[C@@H](CC#C[Si](C)(C)C)OC1CCCCO1. The van der Waals surface area contributed by atoms with Gasteiger partial charge < -0.3 is 13.9 Å². The zero-order chi connectivity index (χ0) is 26.2. The third-order valence-electron chi connectivity index (χ3n) is 6.85. The predicted octanol–water partition coefficient (Wildman–Crippen LogP) is 6.38.